The highest BCUT2D eigenvalue weighted by atomic mass is 32.2. The van der Waals surface area contributed by atoms with Crippen molar-refractivity contribution in [3.05, 3.63) is 34.4 Å². The molecule has 0 saturated heterocycles. The van der Waals surface area contributed by atoms with Crippen LogP contribution in [0.15, 0.2) is 29.2 Å². The molecule has 0 radical (unpaired) electrons. The number of nitro groups is 1. The molecule has 0 unspecified atom stereocenters. The lowest BCUT2D eigenvalue weighted by Gasteiger charge is -1.99. The van der Waals surface area contributed by atoms with Crippen molar-refractivity contribution in [2.45, 2.75) is 4.90 Å². The molecule has 0 saturated carbocycles. The molecule has 0 N–H and O–H groups in total. The lowest BCUT2D eigenvalue weighted by Crippen LogP contribution is -2.02. The molecule has 1 aromatic rings. The van der Waals surface area contributed by atoms with E-state index in [4.69, 9.17) is 4.11 Å². The van der Waals surface area contributed by atoms with E-state index < -0.39 is 27.0 Å². The summed E-state index contributed by atoms with van der Waals surface area (Å²) in [6, 6.07) is 3.68. The van der Waals surface area contributed by atoms with Crippen LogP contribution in [0.5, 0.6) is 0 Å². The van der Waals surface area contributed by atoms with E-state index in [1.807, 2.05) is 0 Å². The van der Waals surface area contributed by atoms with Crippen LogP contribution >= 0.6 is 0 Å². The summed E-state index contributed by atoms with van der Waals surface area (Å²) >= 11 is 0. The maximum atomic E-state index is 11.4. The van der Waals surface area contributed by atoms with Gasteiger partial charge in [0.25, 0.3) is 15.8 Å². The maximum Gasteiger partial charge on any atom is 0.296 e. The molecule has 7 heteroatoms. The maximum absolute atomic E-state index is 11.4. The average molecular weight is 223 g/mol. The van der Waals surface area contributed by atoms with E-state index in [2.05, 4.69) is 4.18 Å². The Hall–Kier alpha value is -1.47. The van der Waals surface area contributed by atoms with E-state index in [9.17, 15) is 18.5 Å². The van der Waals surface area contributed by atoms with Crippen LogP contribution in [0, 0.1) is 10.1 Å². The van der Waals surface area contributed by atoms with Gasteiger partial charge in [0, 0.05) is 12.1 Å². The SMILES string of the molecule is [3H]C([3H])([3H])OS(=O)(=O)c1ccc([N+](=O)[O-])cc1. The first-order valence-corrected chi connectivity index (χ1v) is 4.73. The van der Waals surface area contributed by atoms with Gasteiger partial charge < -0.3 is 0 Å². The lowest BCUT2D eigenvalue weighted by atomic mass is 10.3. The minimum Gasteiger partial charge on any atom is -0.270 e. The smallest absolute Gasteiger partial charge is 0.270 e. The molecule has 0 aliphatic heterocycles. The topological polar surface area (TPSA) is 86.5 Å². The number of hydrogen-bond acceptors (Lipinski definition) is 5. The summed E-state index contributed by atoms with van der Waals surface area (Å²) in [5.74, 6) is 0. The predicted molar refractivity (Wildman–Crippen MR) is 47.3 cm³/mol. The number of nitrogens with zero attached hydrogens (tertiary/aromatic N) is 1. The van der Waals surface area contributed by atoms with Gasteiger partial charge in [-0.1, -0.05) is 0 Å². The number of hydrogen-bond donors (Lipinski definition) is 0. The summed E-state index contributed by atoms with van der Waals surface area (Å²) in [6.45, 7) is 0. The van der Waals surface area contributed by atoms with Crippen molar-refractivity contribution in [2.24, 2.45) is 0 Å². The first kappa shape index (κ1) is 6.91. The molecule has 76 valence electrons. The summed E-state index contributed by atoms with van der Waals surface area (Å²) in [5.41, 5.74) is -0.308. The summed E-state index contributed by atoms with van der Waals surface area (Å²) in [7, 11) is -7.54. The first-order valence-electron chi connectivity index (χ1n) is 4.82. The fourth-order valence-corrected chi connectivity index (χ4v) is 1.35. The van der Waals surface area contributed by atoms with Crippen LogP contribution in [-0.4, -0.2) is 20.4 Å². The summed E-state index contributed by atoms with van der Waals surface area (Å²) < 4.78 is 46.7. The van der Waals surface area contributed by atoms with Crippen LogP contribution in [0.3, 0.4) is 0 Å². The zero-order chi connectivity index (χ0) is 13.3. The molecular formula is C7H7NO5S. The molecule has 6 nitrogen and oxygen atoms in total. The largest absolute Gasteiger partial charge is 0.296 e. The van der Waals surface area contributed by atoms with Gasteiger partial charge in [-0.2, -0.15) is 8.42 Å². The van der Waals surface area contributed by atoms with E-state index in [0.717, 1.165) is 24.3 Å². The van der Waals surface area contributed by atoms with Crippen molar-refractivity contribution < 1.29 is 21.6 Å². The Bertz CT molecular complexity index is 521. The number of benzene rings is 1. The molecule has 0 fully saturated rings. The van der Waals surface area contributed by atoms with Crippen molar-refractivity contribution in [3.63, 3.8) is 0 Å². The minimum absolute atomic E-state index is 0.308. The molecule has 0 aromatic heterocycles. The summed E-state index contributed by atoms with van der Waals surface area (Å²) in [4.78, 5) is 9.16. The van der Waals surface area contributed by atoms with E-state index in [0.29, 0.717) is 0 Å². The Morgan fingerprint density at radius 3 is 2.43 bits per heavy atom. The van der Waals surface area contributed by atoms with E-state index in [-0.39, 0.29) is 5.69 Å². The monoisotopic (exact) mass is 223 g/mol. The van der Waals surface area contributed by atoms with Crippen molar-refractivity contribution in [1.29, 1.82) is 0 Å². The molecular weight excluding hydrogens is 210 g/mol. The van der Waals surface area contributed by atoms with Crippen molar-refractivity contribution in [1.82, 2.24) is 0 Å². The van der Waals surface area contributed by atoms with E-state index in [1.165, 1.54) is 0 Å². The van der Waals surface area contributed by atoms with Crippen molar-refractivity contribution >= 4 is 15.8 Å². The highest BCUT2D eigenvalue weighted by molar-refractivity contribution is 7.86. The summed E-state index contributed by atoms with van der Waals surface area (Å²) in [6.07, 6.45) is 0. The molecule has 0 atom stereocenters. The predicted octanol–water partition coefficient (Wildman–Crippen LogP) is 0.930. The van der Waals surface area contributed by atoms with Gasteiger partial charge in [0.2, 0.25) is 0 Å². The molecule has 0 aliphatic carbocycles. The Balaban J connectivity index is 3.05. The highest BCUT2D eigenvalue weighted by Crippen LogP contribution is 2.16. The fourth-order valence-electron chi connectivity index (χ4n) is 0.783. The second kappa shape index (κ2) is 3.72. The summed E-state index contributed by atoms with van der Waals surface area (Å²) in [5, 5.41) is 10.3. The van der Waals surface area contributed by atoms with Gasteiger partial charge in [0.1, 0.15) is 0 Å². The second-order valence-corrected chi connectivity index (χ2v) is 3.83. The van der Waals surface area contributed by atoms with Gasteiger partial charge in [-0.3, -0.25) is 14.3 Å². The molecule has 1 aromatic carbocycles. The second-order valence-electron chi connectivity index (χ2n) is 2.29. The first-order chi connectivity index (χ1) is 7.62. The molecule has 0 aliphatic rings. The van der Waals surface area contributed by atoms with Crippen LogP contribution in [0.1, 0.15) is 4.11 Å². The normalized spacial score (nSPS) is 15.3. The quantitative estimate of drug-likeness (QED) is 0.432. The third kappa shape index (κ3) is 2.06. The third-order valence-corrected chi connectivity index (χ3v) is 2.51. The van der Waals surface area contributed by atoms with Crippen LogP contribution in [0.25, 0.3) is 0 Å². The zero-order valence-corrected chi connectivity index (χ0v) is 7.52. The molecule has 14 heavy (non-hydrogen) atoms. The van der Waals surface area contributed by atoms with Gasteiger partial charge in [-0.15, -0.1) is 0 Å². The standard InChI is InChI=1S/C7H7NO5S/c1-13-14(11,12)7-4-2-6(3-5-7)8(9)10/h2-5H,1H3/i1T3. The Morgan fingerprint density at radius 1 is 1.43 bits per heavy atom. The lowest BCUT2D eigenvalue weighted by molar-refractivity contribution is -0.384. The third-order valence-electron chi connectivity index (χ3n) is 1.45. The van der Waals surface area contributed by atoms with Gasteiger partial charge in [-0.05, 0) is 12.1 Å². The molecule has 1 rings (SSSR count). The van der Waals surface area contributed by atoms with Gasteiger partial charge in [0.05, 0.1) is 21.0 Å². The number of nitro benzene ring substituents is 1. The molecule has 0 heterocycles. The minimum atomic E-state index is -4.45. The van der Waals surface area contributed by atoms with E-state index in [1.54, 1.807) is 0 Å². The van der Waals surface area contributed by atoms with Crippen LogP contribution in [0.2, 0.25) is 0 Å². The van der Waals surface area contributed by atoms with Crippen molar-refractivity contribution in [3.8, 4) is 0 Å². The van der Waals surface area contributed by atoms with E-state index >= 15 is 0 Å². The average Bonchev–Trinajstić information content (AvgIpc) is 2.14. The van der Waals surface area contributed by atoms with Crippen LogP contribution in [-0.2, 0) is 14.3 Å². The zero-order valence-electron chi connectivity index (χ0n) is 9.71. The molecule has 0 spiro atoms. The number of non-ortho nitro benzene ring substituents is 1. The molecule has 0 bridgehead atoms. The van der Waals surface area contributed by atoms with Crippen LogP contribution in [0.4, 0.5) is 5.69 Å². The molecule has 0 amide bonds. The van der Waals surface area contributed by atoms with Crippen molar-refractivity contribution in [2.75, 3.05) is 7.04 Å². The van der Waals surface area contributed by atoms with Gasteiger partial charge in [-0.25, -0.2) is 0 Å². The Morgan fingerprint density at radius 2 is 2.00 bits per heavy atom. The fraction of sp³-hybridized carbons (Fsp3) is 0.143. The number of rotatable bonds is 3. The van der Waals surface area contributed by atoms with Gasteiger partial charge in [0.15, 0.2) is 0 Å². The van der Waals surface area contributed by atoms with Crippen LogP contribution < -0.4 is 0 Å². The highest BCUT2D eigenvalue weighted by Gasteiger charge is 2.14. The Labute approximate surface area is 84.6 Å². The van der Waals surface area contributed by atoms with Gasteiger partial charge >= 0.3 is 0 Å². The Kier molecular flexibility index (Phi) is 1.84.